The van der Waals surface area contributed by atoms with Crippen molar-refractivity contribution >= 4 is 11.7 Å². The molecule has 0 spiro atoms. The quantitative estimate of drug-likeness (QED) is 0.727. The Hall–Kier alpha value is -1.68. The largest absolute Gasteiger partial charge is 0.376 e. The van der Waals surface area contributed by atoms with Crippen molar-refractivity contribution in [2.75, 3.05) is 19.7 Å². The average Bonchev–Trinajstić information content (AvgIpc) is 2.58. The highest BCUT2D eigenvalue weighted by molar-refractivity contribution is 5.97. The number of piperidine rings is 1. The van der Waals surface area contributed by atoms with Gasteiger partial charge in [0.05, 0.1) is 6.10 Å². The molecule has 1 aromatic carbocycles. The third-order valence-electron chi connectivity index (χ3n) is 3.95. The Labute approximate surface area is 132 Å². The molecule has 1 heterocycles. The fraction of sp³-hybridized carbons (Fsp3) is 0.556. The number of carbonyl (C=O) groups is 2. The van der Waals surface area contributed by atoms with Crippen LogP contribution in [0.15, 0.2) is 30.3 Å². The molecule has 0 aromatic heterocycles. The Balaban J connectivity index is 1.78. The van der Waals surface area contributed by atoms with Crippen LogP contribution in [0.5, 0.6) is 0 Å². The lowest BCUT2D eigenvalue weighted by Crippen LogP contribution is -2.43. The highest BCUT2D eigenvalue weighted by Gasteiger charge is 2.24. The number of amides is 1. The van der Waals surface area contributed by atoms with E-state index in [2.05, 4.69) is 6.92 Å². The lowest BCUT2D eigenvalue weighted by Gasteiger charge is -2.32. The van der Waals surface area contributed by atoms with Crippen LogP contribution in [-0.4, -0.2) is 42.4 Å². The van der Waals surface area contributed by atoms with Crippen LogP contribution in [0, 0.1) is 0 Å². The Morgan fingerprint density at radius 2 is 2.00 bits per heavy atom. The maximum Gasteiger partial charge on any atom is 0.223 e. The molecular formula is C18H25NO3. The number of rotatable bonds is 7. The first-order valence-corrected chi connectivity index (χ1v) is 8.18. The van der Waals surface area contributed by atoms with Crippen molar-refractivity contribution in [3.8, 4) is 0 Å². The molecule has 120 valence electrons. The summed E-state index contributed by atoms with van der Waals surface area (Å²) in [4.78, 5) is 26.2. The summed E-state index contributed by atoms with van der Waals surface area (Å²) in [6, 6.07) is 9.15. The van der Waals surface area contributed by atoms with Gasteiger partial charge >= 0.3 is 0 Å². The molecule has 0 saturated carbocycles. The summed E-state index contributed by atoms with van der Waals surface area (Å²) in [7, 11) is 0. The van der Waals surface area contributed by atoms with Gasteiger partial charge in [-0.05, 0) is 19.3 Å². The molecule has 1 aliphatic rings. The zero-order chi connectivity index (χ0) is 15.8. The number of carbonyl (C=O) groups excluding carboxylic acids is 2. The van der Waals surface area contributed by atoms with Crippen LogP contribution in [0.3, 0.4) is 0 Å². The molecule has 1 aliphatic heterocycles. The molecule has 0 N–H and O–H groups in total. The molecule has 4 nitrogen and oxygen atoms in total. The molecule has 0 aliphatic carbocycles. The number of Topliss-reactive ketones (excluding diaryl/α,β-unsaturated/α-hetero) is 1. The molecule has 1 atom stereocenters. The number of hydrogen-bond donors (Lipinski definition) is 0. The topological polar surface area (TPSA) is 46.6 Å². The van der Waals surface area contributed by atoms with Crippen LogP contribution in [0.25, 0.3) is 0 Å². The van der Waals surface area contributed by atoms with Crippen molar-refractivity contribution in [3.05, 3.63) is 35.9 Å². The molecule has 0 unspecified atom stereocenters. The van der Waals surface area contributed by atoms with E-state index in [0.29, 0.717) is 12.1 Å². The van der Waals surface area contributed by atoms with Crippen molar-refractivity contribution in [1.29, 1.82) is 0 Å². The summed E-state index contributed by atoms with van der Waals surface area (Å²) in [5.41, 5.74) is 0.679. The van der Waals surface area contributed by atoms with E-state index in [1.807, 2.05) is 23.1 Å². The van der Waals surface area contributed by atoms with E-state index >= 15 is 0 Å². The van der Waals surface area contributed by atoms with Crippen LogP contribution in [0.4, 0.5) is 0 Å². The van der Waals surface area contributed by atoms with E-state index in [9.17, 15) is 9.59 Å². The van der Waals surface area contributed by atoms with Gasteiger partial charge in [-0.25, -0.2) is 0 Å². The van der Waals surface area contributed by atoms with E-state index < -0.39 is 0 Å². The molecule has 2 rings (SSSR count). The zero-order valence-corrected chi connectivity index (χ0v) is 13.3. The molecule has 1 fully saturated rings. The summed E-state index contributed by atoms with van der Waals surface area (Å²) in [6.07, 6.45) is 3.71. The number of nitrogens with zero attached hydrogens (tertiary/aromatic N) is 1. The molecule has 0 bridgehead atoms. The molecule has 1 amide bonds. The molecule has 22 heavy (non-hydrogen) atoms. The van der Waals surface area contributed by atoms with Crippen molar-refractivity contribution in [2.45, 2.75) is 45.1 Å². The maximum absolute atomic E-state index is 12.3. The first-order valence-electron chi connectivity index (χ1n) is 8.18. The van der Waals surface area contributed by atoms with Crippen LogP contribution < -0.4 is 0 Å². The second-order valence-corrected chi connectivity index (χ2v) is 5.76. The van der Waals surface area contributed by atoms with Crippen molar-refractivity contribution in [1.82, 2.24) is 4.90 Å². The first-order chi connectivity index (χ1) is 10.7. The minimum atomic E-state index is 0.0322. The Morgan fingerprint density at radius 1 is 1.23 bits per heavy atom. The zero-order valence-electron chi connectivity index (χ0n) is 13.3. The van der Waals surface area contributed by atoms with Gasteiger partial charge in [0.15, 0.2) is 5.78 Å². The molecule has 1 saturated heterocycles. The van der Waals surface area contributed by atoms with Crippen molar-refractivity contribution in [2.24, 2.45) is 0 Å². The minimum Gasteiger partial charge on any atom is -0.376 e. The summed E-state index contributed by atoms with van der Waals surface area (Å²) in [6.45, 7) is 4.28. The van der Waals surface area contributed by atoms with E-state index in [-0.39, 0.29) is 30.6 Å². The van der Waals surface area contributed by atoms with Gasteiger partial charge in [0.25, 0.3) is 0 Å². The van der Waals surface area contributed by atoms with E-state index in [1.165, 1.54) is 0 Å². The minimum absolute atomic E-state index is 0.0322. The van der Waals surface area contributed by atoms with Crippen LogP contribution in [0.1, 0.15) is 49.4 Å². The monoisotopic (exact) mass is 303 g/mol. The summed E-state index contributed by atoms with van der Waals surface area (Å²) < 4.78 is 5.75. The van der Waals surface area contributed by atoms with Gasteiger partial charge in [-0.1, -0.05) is 37.3 Å². The van der Waals surface area contributed by atoms with Crippen LogP contribution in [0.2, 0.25) is 0 Å². The summed E-state index contributed by atoms with van der Waals surface area (Å²) in [5, 5.41) is 0. The summed E-state index contributed by atoms with van der Waals surface area (Å²) in [5.74, 6) is 0.0961. The molecular weight excluding hydrogens is 278 g/mol. The van der Waals surface area contributed by atoms with Gasteiger partial charge in [0, 0.05) is 38.1 Å². The standard InChI is InChI=1S/C18H25NO3/c1-2-13-22-16-9-6-12-19(14-16)18(21)11-10-17(20)15-7-4-3-5-8-15/h3-5,7-8,16H,2,6,9-14H2,1H3/t16-/m1/s1. The molecule has 4 heteroatoms. The Kier molecular flexibility index (Phi) is 6.59. The SMILES string of the molecule is CCCO[C@@H]1CCCN(C(=O)CCC(=O)c2ccccc2)C1. The van der Waals surface area contributed by atoms with Crippen molar-refractivity contribution in [3.63, 3.8) is 0 Å². The fourth-order valence-electron chi connectivity index (χ4n) is 2.73. The number of hydrogen-bond acceptors (Lipinski definition) is 3. The van der Waals surface area contributed by atoms with E-state index in [0.717, 1.165) is 32.4 Å². The van der Waals surface area contributed by atoms with E-state index in [4.69, 9.17) is 4.74 Å². The molecule has 0 radical (unpaired) electrons. The van der Waals surface area contributed by atoms with Gasteiger partial charge in [-0.3, -0.25) is 9.59 Å². The average molecular weight is 303 g/mol. The Bertz CT molecular complexity index is 486. The number of likely N-dealkylation sites (tertiary alicyclic amines) is 1. The number of ether oxygens (including phenoxy) is 1. The predicted octanol–water partition coefficient (Wildman–Crippen LogP) is 3.07. The highest BCUT2D eigenvalue weighted by atomic mass is 16.5. The normalized spacial score (nSPS) is 18.2. The number of ketones is 1. The summed E-state index contributed by atoms with van der Waals surface area (Å²) >= 11 is 0. The molecule has 1 aromatic rings. The highest BCUT2D eigenvalue weighted by Crippen LogP contribution is 2.15. The lowest BCUT2D eigenvalue weighted by molar-refractivity contribution is -0.135. The van der Waals surface area contributed by atoms with Gasteiger partial charge in [0.1, 0.15) is 0 Å². The maximum atomic E-state index is 12.3. The lowest BCUT2D eigenvalue weighted by atomic mass is 10.0. The third kappa shape index (κ3) is 4.95. The van der Waals surface area contributed by atoms with Crippen molar-refractivity contribution < 1.29 is 14.3 Å². The first kappa shape index (κ1) is 16.7. The van der Waals surface area contributed by atoms with E-state index in [1.54, 1.807) is 12.1 Å². The smallest absolute Gasteiger partial charge is 0.223 e. The number of benzene rings is 1. The second-order valence-electron chi connectivity index (χ2n) is 5.76. The predicted molar refractivity (Wildman–Crippen MR) is 85.9 cm³/mol. The van der Waals surface area contributed by atoms with Gasteiger partial charge in [-0.2, -0.15) is 0 Å². The van der Waals surface area contributed by atoms with Gasteiger partial charge < -0.3 is 9.64 Å². The third-order valence-corrected chi connectivity index (χ3v) is 3.95. The van der Waals surface area contributed by atoms with Gasteiger partial charge in [0.2, 0.25) is 5.91 Å². The Morgan fingerprint density at radius 3 is 2.73 bits per heavy atom. The van der Waals surface area contributed by atoms with Crippen LogP contribution >= 0.6 is 0 Å². The fourth-order valence-corrected chi connectivity index (χ4v) is 2.73. The van der Waals surface area contributed by atoms with Gasteiger partial charge in [-0.15, -0.1) is 0 Å². The van der Waals surface area contributed by atoms with Crippen LogP contribution in [-0.2, 0) is 9.53 Å². The second kappa shape index (κ2) is 8.69.